The Bertz CT molecular complexity index is 381. The second kappa shape index (κ2) is 5.54. The van der Waals surface area contributed by atoms with Crippen LogP contribution < -0.4 is 5.32 Å². The summed E-state index contributed by atoms with van der Waals surface area (Å²) in [4.78, 5) is 17.1. The molecule has 0 aromatic carbocycles. The average molecular weight is 251 g/mol. The third-order valence-electron chi connectivity index (χ3n) is 3.39. The Hall–Kier alpha value is -1.33. The summed E-state index contributed by atoms with van der Waals surface area (Å²) in [5.74, 6) is -0.0543. The van der Waals surface area contributed by atoms with Gasteiger partial charge >= 0.3 is 0 Å². The third kappa shape index (κ3) is 3.11. The maximum atomic E-state index is 11.8. The summed E-state index contributed by atoms with van der Waals surface area (Å²) in [5, 5.41) is 2.97. The van der Waals surface area contributed by atoms with Gasteiger partial charge in [-0.1, -0.05) is 0 Å². The highest BCUT2D eigenvalue weighted by Gasteiger charge is 2.28. The molecule has 0 atom stereocenters. The van der Waals surface area contributed by atoms with Gasteiger partial charge in [0.25, 0.3) is 5.91 Å². The summed E-state index contributed by atoms with van der Waals surface area (Å²) < 4.78 is 5.35. The lowest BCUT2D eigenvalue weighted by Gasteiger charge is -2.40. The zero-order chi connectivity index (χ0) is 13.0. The summed E-state index contributed by atoms with van der Waals surface area (Å²) in [6.45, 7) is 8.31. The van der Waals surface area contributed by atoms with E-state index in [4.69, 9.17) is 4.74 Å². The Balaban J connectivity index is 1.86. The molecule has 0 saturated carbocycles. The zero-order valence-corrected chi connectivity index (χ0v) is 11.0. The van der Waals surface area contributed by atoms with Crippen LogP contribution in [-0.2, 0) is 4.74 Å². The van der Waals surface area contributed by atoms with E-state index >= 15 is 0 Å². The first-order valence-corrected chi connectivity index (χ1v) is 6.34. The molecule has 0 bridgehead atoms. The molecule has 1 fully saturated rings. The molecule has 2 rings (SSSR count). The number of hydrogen-bond donors (Lipinski definition) is 2. The molecule has 0 radical (unpaired) electrons. The largest absolute Gasteiger partial charge is 0.379 e. The van der Waals surface area contributed by atoms with Crippen molar-refractivity contribution in [3.8, 4) is 0 Å². The minimum atomic E-state index is -0.0543. The molecule has 0 aliphatic carbocycles. The Labute approximate surface area is 108 Å². The van der Waals surface area contributed by atoms with Crippen molar-refractivity contribution >= 4 is 5.91 Å². The van der Waals surface area contributed by atoms with Gasteiger partial charge in [0.2, 0.25) is 0 Å². The van der Waals surface area contributed by atoms with Crippen molar-refractivity contribution in [2.24, 2.45) is 0 Å². The average Bonchev–Trinajstić information content (AvgIpc) is 2.91. The fourth-order valence-electron chi connectivity index (χ4n) is 2.14. The maximum Gasteiger partial charge on any atom is 0.267 e. The number of aromatic nitrogens is 1. The molecule has 1 aromatic rings. The van der Waals surface area contributed by atoms with E-state index in [0.717, 1.165) is 26.3 Å². The summed E-state index contributed by atoms with van der Waals surface area (Å²) in [7, 11) is 0. The van der Waals surface area contributed by atoms with Crippen LogP contribution in [0, 0.1) is 0 Å². The van der Waals surface area contributed by atoms with Crippen LogP contribution >= 0.6 is 0 Å². The highest BCUT2D eigenvalue weighted by molar-refractivity contribution is 5.92. The lowest BCUT2D eigenvalue weighted by atomic mass is 10.0. The number of morpholine rings is 1. The van der Waals surface area contributed by atoms with Gasteiger partial charge in [-0.05, 0) is 26.0 Å². The molecule has 18 heavy (non-hydrogen) atoms. The summed E-state index contributed by atoms with van der Waals surface area (Å²) in [6, 6.07) is 3.60. The molecule has 5 heteroatoms. The van der Waals surface area contributed by atoms with Crippen LogP contribution in [0.1, 0.15) is 24.3 Å². The standard InChI is InChI=1S/C13H21N3O2/c1-13(2,16-6-8-18-9-7-16)10-15-12(17)11-4-3-5-14-11/h3-5,14H,6-10H2,1-2H3,(H,15,17). The van der Waals surface area contributed by atoms with E-state index in [-0.39, 0.29) is 11.4 Å². The molecular weight excluding hydrogens is 230 g/mol. The first kappa shape index (κ1) is 13.1. The van der Waals surface area contributed by atoms with Gasteiger partial charge in [0.05, 0.1) is 13.2 Å². The van der Waals surface area contributed by atoms with Gasteiger partial charge in [0.15, 0.2) is 0 Å². The number of ether oxygens (including phenoxy) is 1. The lowest BCUT2D eigenvalue weighted by Crippen LogP contribution is -2.55. The van der Waals surface area contributed by atoms with E-state index in [1.165, 1.54) is 0 Å². The maximum absolute atomic E-state index is 11.8. The molecule has 1 aliphatic rings. The molecule has 1 saturated heterocycles. The molecule has 1 aliphatic heterocycles. The van der Waals surface area contributed by atoms with Crippen LogP contribution in [0.15, 0.2) is 18.3 Å². The van der Waals surface area contributed by atoms with Gasteiger partial charge in [0.1, 0.15) is 5.69 Å². The molecule has 1 aromatic heterocycles. The predicted molar refractivity (Wildman–Crippen MR) is 69.6 cm³/mol. The van der Waals surface area contributed by atoms with Crippen molar-refractivity contribution < 1.29 is 9.53 Å². The van der Waals surface area contributed by atoms with Crippen LogP contribution in [-0.4, -0.2) is 54.2 Å². The van der Waals surface area contributed by atoms with Gasteiger partial charge in [-0.2, -0.15) is 0 Å². The van der Waals surface area contributed by atoms with Crippen molar-refractivity contribution in [3.05, 3.63) is 24.0 Å². The second-order valence-electron chi connectivity index (χ2n) is 5.18. The third-order valence-corrected chi connectivity index (χ3v) is 3.39. The number of amides is 1. The minimum Gasteiger partial charge on any atom is -0.379 e. The van der Waals surface area contributed by atoms with Crippen LogP contribution in [0.4, 0.5) is 0 Å². The number of rotatable bonds is 4. The summed E-state index contributed by atoms with van der Waals surface area (Å²) >= 11 is 0. The number of carbonyl (C=O) groups is 1. The minimum absolute atomic E-state index is 0.0496. The van der Waals surface area contributed by atoms with Crippen LogP contribution in [0.3, 0.4) is 0 Å². The van der Waals surface area contributed by atoms with Crippen molar-refractivity contribution in [2.45, 2.75) is 19.4 Å². The Morgan fingerprint density at radius 2 is 2.22 bits per heavy atom. The van der Waals surface area contributed by atoms with E-state index < -0.39 is 0 Å². The quantitative estimate of drug-likeness (QED) is 0.834. The van der Waals surface area contributed by atoms with Gasteiger partial charge in [0, 0.05) is 31.4 Å². The molecule has 2 heterocycles. The normalized spacial score (nSPS) is 17.7. The van der Waals surface area contributed by atoms with Crippen molar-refractivity contribution in [1.82, 2.24) is 15.2 Å². The first-order valence-electron chi connectivity index (χ1n) is 6.34. The van der Waals surface area contributed by atoms with E-state index in [0.29, 0.717) is 12.2 Å². The fraction of sp³-hybridized carbons (Fsp3) is 0.615. The van der Waals surface area contributed by atoms with E-state index in [1.54, 1.807) is 12.3 Å². The highest BCUT2D eigenvalue weighted by atomic mass is 16.5. The number of hydrogen-bond acceptors (Lipinski definition) is 3. The Kier molecular flexibility index (Phi) is 4.04. The Morgan fingerprint density at radius 3 is 2.83 bits per heavy atom. The number of nitrogens with one attached hydrogen (secondary N) is 2. The van der Waals surface area contributed by atoms with Crippen molar-refractivity contribution in [3.63, 3.8) is 0 Å². The van der Waals surface area contributed by atoms with E-state index in [2.05, 4.69) is 29.0 Å². The fourth-order valence-corrected chi connectivity index (χ4v) is 2.14. The summed E-state index contributed by atoms with van der Waals surface area (Å²) in [5.41, 5.74) is 0.555. The Morgan fingerprint density at radius 1 is 1.50 bits per heavy atom. The van der Waals surface area contributed by atoms with Crippen molar-refractivity contribution in [1.29, 1.82) is 0 Å². The lowest BCUT2D eigenvalue weighted by molar-refractivity contribution is -0.00924. The number of H-pyrrole nitrogens is 1. The van der Waals surface area contributed by atoms with Gasteiger partial charge in [-0.15, -0.1) is 0 Å². The van der Waals surface area contributed by atoms with Gasteiger partial charge in [-0.3, -0.25) is 9.69 Å². The first-order chi connectivity index (χ1) is 8.59. The van der Waals surface area contributed by atoms with Crippen LogP contribution in [0.2, 0.25) is 0 Å². The van der Waals surface area contributed by atoms with E-state index in [1.807, 2.05) is 6.07 Å². The molecule has 5 nitrogen and oxygen atoms in total. The van der Waals surface area contributed by atoms with E-state index in [9.17, 15) is 4.79 Å². The summed E-state index contributed by atoms with van der Waals surface area (Å²) in [6.07, 6.45) is 1.75. The molecule has 0 spiro atoms. The molecular formula is C13H21N3O2. The molecule has 100 valence electrons. The molecule has 1 amide bonds. The SMILES string of the molecule is CC(C)(CNC(=O)c1ccc[nH]1)N1CCOCC1. The molecule has 0 unspecified atom stereocenters. The number of nitrogens with zero attached hydrogens (tertiary/aromatic N) is 1. The zero-order valence-electron chi connectivity index (χ0n) is 11.0. The predicted octanol–water partition coefficient (Wildman–Crippen LogP) is 0.855. The topological polar surface area (TPSA) is 57.4 Å². The highest BCUT2D eigenvalue weighted by Crippen LogP contribution is 2.15. The van der Waals surface area contributed by atoms with Crippen LogP contribution in [0.5, 0.6) is 0 Å². The van der Waals surface area contributed by atoms with Crippen molar-refractivity contribution in [2.75, 3.05) is 32.8 Å². The number of aromatic amines is 1. The number of carbonyl (C=O) groups excluding carboxylic acids is 1. The monoisotopic (exact) mass is 251 g/mol. The smallest absolute Gasteiger partial charge is 0.267 e. The van der Waals surface area contributed by atoms with Gasteiger partial charge in [-0.25, -0.2) is 0 Å². The van der Waals surface area contributed by atoms with Crippen LogP contribution in [0.25, 0.3) is 0 Å². The molecule has 2 N–H and O–H groups in total. The second-order valence-corrected chi connectivity index (χ2v) is 5.18. The van der Waals surface area contributed by atoms with Gasteiger partial charge < -0.3 is 15.0 Å².